The Labute approximate surface area is 210 Å². The molecular weight excluding hydrogens is 424 g/mol. The minimum absolute atomic E-state index is 0.257. The summed E-state index contributed by atoms with van der Waals surface area (Å²) >= 11 is 0. The normalized spacial score (nSPS) is 25.7. The van der Waals surface area contributed by atoms with E-state index in [1.54, 1.807) is 5.57 Å². The standard InChI is InChI=1S/C33H34N2/c1-3-7-29-26(4-2)32-27(24-14-10-22(20-34)11-15-24)18-19-28(25-16-12-23(21-35)13-17-25)33(32)31-9-6-5-8-30(29)31/h4,6,9-10,12,14,16,18-19,21,32-33,35H,2-3,5,7-8,11,13,15,17H2,1H3. The molecule has 35 heavy (non-hydrogen) atoms. The number of hydrogen-bond acceptors (Lipinski definition) is 2. The molecule has 2 heteroatoms. The average molecular weight is 459 g/mol. The monoisotopic (exact) mass is 458 g/mol. The molecule has 0 amide bonds. The zero-order valence-corrected chi connectivity index (χ0v) is 20.7. The Morgan fingerprint density at radius 1 is 0.971 bits per heavy atom. The van der Waals surface area contributed by atoms with Gasteiger partial charge in [-0.3, -0.25) is 0 Å². The predicted octanol–water partition coefficient (Wildman–Crippen LogP) is 8.49. The maximum Gasteiger partial charge on any atom is 0.0947 e. The molecule has 2 atom stereocenters. The van der Waals surface area contributed by atoms with Crippen molar-refractivity contribution in [2.75, 3.05) is 0 Å². The number of nitriles is 1. The van der Waals surface area contributed by atoms with Crippen molar-refractivity contribution in [3.8, 4) is 6.07 Å². The number of fused-ring (bicyclic) bond motifs is 2. The first-order chi connectivity index (χ1) is 17.2. The molecule has 0 spiro atoms. The predicted molar refractivity (Wildman–Crippen MR) is 146 cm³/mol. The third kappa shape index (κ3) is 4.14. The van der Waals surface area contributed by atoms with Crippen LogP contribution in [0.25, 0.3) is 0 Å². The number of nitrogens with zero attached hydrogens (tertiary/aromatic N) is 1. The smallest absolute Gasteiger partial charge is 0.0947 e. The Hall–Kier alpha value is -3.44. The van der Waals surface area contributed by atoms with Crippen LogP contribution >= 0.6 is 0 Å². The van der Waals surface area contributed by atoms with Crippen LogP contribution in [0.2, 0.25) is 0 Å². The van der Waals surface area contributed by atoms with Gasteiger partial charge in [-0.15, -0.1) is 0 Å². The highest BCUT2D eigenvalue weighted by molar-refractivity contribution is 5.77. The van der Waals surface area contributed by atoms with Gasteiger partial charge in [-0.25, -0.2) is 0 Å². The minimum atomic E-state index is 0.257. The van der Waals surface area contributed by atoms with Gasteiger partial charge in [0.25, 0.3) is 0 Å². The average Bonchev–Trinajstić information content (AvgIpc) is 2.93. The Morgan fingerprint density at radius 3 is 2.31 bits per heavy atom. The Morgan fingerprint density at radius 2 is 1.71 bits per heavy atom. The second kappa shape index (κ2) is 10.0. The molecule has 2 unspecified atom stereocenters. The molecule has 0 fully saturated rings. The molecule has 0 saturated carbocycles. The van der Waals surface area contributed by atoms with E-state index >= 15 is 0 Å². The highest BCUT2D eigenvalue weighted by Crippen LogP contribution is 2.55. The van der Waals surface area contributed by atoms with Gasteiger partial charge in [0.1, 0.15) is 0 Å². The number of rotatable bonds is 6. The van der Waals surface area contributed by atoms with E-state index in [1.807, 2.05) is 6.08 Å². The lowest BCUT2D eigenvalue weighted by molar-refractivity contribution is 0.531. The summed E-state index contributed by atoms with van der Waals surface area (Å²) in [6.07, 6.45) is 29.8. The van der Waals surface area contributed by atoms with E-state index in [1.165, 1.54) is 45.2 Å². The molecule has 176 valence electrons. The van der Waals surface area contributed by atoms with Gasteiger partial charge in [0.05, 0.1) is 6.07 Å². The molecule has 0 saturated heterocycles. The van der Waals surface area contributed by atoms with Crippen LogP contribution in [0.1, 0.15) is 58.3 Å². The van der Waals surface area contributed by atoms with Crippen LogP contribution in [-0.2, 0) is 0 Å². The van der Waals surface area contributed by atoms with Crippen LogP contribution in [-0.4, -0.2) is 6.21 Å². The maximum absolute atomic E-state index is 9.36. The molecule has 2 nitrogen and oxygen atoms in total. The second-order valence-corrected chi connectivity index (χ2v) is 10.0. The van der Waals surface area contributed by atoms with Crippen LogP contribution in [0.3, 0.4) is 0 Å². The zero-order valence-electron chi connectivity index (χ0n) is 20.7. The van der Waals surface area contributed by atoms with Gasteiger partial charge < -0.3 is 5.41 Å². The van der Waals surface area contributed by atoms with Crippen molar-refractivity contribution in [1.82, 2.24) is 0 Å². The van der Waals surface area contributed by atoms with Crippen molar-refractivity contribution in [2.45, 2.75) is 58.3 Å². The van der Waals surface area contributed by atoms with Crippen molar-refractivity contribution in [3.63, 3.8) is 0 Å². The number of allylic oxidation sites excluding steroid dienone is 19. The highest BCUT2D eigenvalue weighted by Gasteiger charge is 2.42. The third-order valence-electron chi connectivity index (χ3n) is 8.16. The van der Waals surface area contributed by atoms with Crippen molar-refractivity contribution in [1.29, 1.82) is 10.7 Å². The van der Waals surface area contributed by atoms with Gasteiger partial charge in [-0.05, 0) is 101 Å². The molecule has 0 radical (unpaired) electrons. The van der Waals surface area contributed by atoms with Gasteiger partial charge in [-0.1, -0.05) is 68.5 Å². The lowest BCUT2D eigenvalue weighted by Gasteiger charge is -2.44. The molecule has 5 rings (SSSR count). The van der Waals surface area contributed by atoms with E-state index < -0.39 is 0 Å². The topological polar surface area (TPSA) is 47.6 Å². The largest absolute Gasteiger partial charge is 0.308 e. The van der Waals surface area contributed by atoms with E-state index in [9.17, 15) is 5.26 Å². The fraction of sp³-hybridized carbons (Fsp3) is 0.333. The molecule has 5 aliphatic carbocycles. The van der Waals surface area contributed by atoms with E-state index in [0.717, 1.165) is 62.5 Å². The number of hydrogen-bond donors (Lipinski definition) is 1. The lowest BCUT2D eigenvalue weighted by atomic mass is 9.59. The first kappa shape index (κ1) is 23.3. The highest BCUT2D eigenvalue weighted by atomic mass is 14.5. The molecule has 1 N–H and O–H groups in total. The Kier molecular flexibility index (Phi) is 6.69. The zero-order chi connectivity index (χ0) is 24.4. The third-order valence-corrected chi connectivity index (χ3v) is 8.16. The second-order valence-electron chi connectivity index (χ2n) is 10.0. The lowest BCUT2D eigenvalue weighted by Crippen LogP contribution is -2.32. The van der Waals surface area contributed by atoms with Crippen LogP contribution in [0.4, 0.5) is 0 Å². The summed E-state index contributed by atoms with van der Waals surface area (Å²) in [5.74, 6) is 0.548. The van der Waals surface area contributed by atoms with E-state index in [2.05, 4.69) is 68.2 Å². The molecule has 5 aliphatic rings. The van der Waals surface area contributed by atoms with Crippen LogP contribution in [0.15, 0.2) is 117 Å². The summed E-state index contributed by atoms with van der Waals surface area (Å²) in [6.45, 7) is 6.62. The summed E-state index contributed by atoms with van der Waals surface area (Å²) in [7, 11) is 0. The fourth-order valence-corrected chi connectivity index (χ4v) is 6.50. The van der Waals surface area contributed by atoms with Crippen molar-refractivity contribution in [2.24, 2.45) is 11.8 Å². The summed E-state index contributed by atoms with van der Waals surface area (Å²) in [6, 6.07) is 2.34. The van der Waals surface area contributed by atoms with E-state index in [-0.39, 0.29) is 5.92 Å². The van der Waals surface area contributed by atoms with E-state index in [4.69, 9.17) is 5.41 Å². The van der Waals surface area contributed by atoms with Gasteiger partial charge in [-0.2, -0.15) is 5.26 Å². The van der Waals surface area contributed by atoms with Gasteiger partial charge in [0, 0.05) is 23.6 Å². The summed E-state index contributed by atoms with van der Waals surface area (Å²) in [4.78, 5) is 0. The quantitative estimate of drug-likeness (QED) is 0.398. The van der Waals surface area contributed by atoms with Gasteiger partial charge in [0.2, 0.25) is 0 Å². The molecule has 0 aromatic carbocycles. The fourth-order valence-electron chi connectivity index (χ4n) is 6.50. The van der Waals surface area contributed by atoms with E-state index in [0.29, 0.717) is 5.92 Å². The summed E-state index contributed by atoms with van der Waals surface area (Å²) in [5, 5.41) is 17.0. The molecular formula is C33H34N2. The SMILES string of the molecule is C=CC1=C(CCC)C2=C(C=CCC2)C2C(C3=CC=C(C=N)CC3)=CC=C(C3=CC=C(C#N)CC3)C12. The Bertz CT molecular complexity index is 1290. The minimum Gasteiger partial charge on any atom is -0.308 e. The van der Waals surface area contributed by atoms with Crippen molar-refractivity contribution >= 4 is 6.21 Å². The number of nitrogens with one attached hydrogen (secondary N) is 1. The first-order valence-electron chi connectivity index (χ1n) is 13.1. The molecule has 0 aromatic rings. The molecule has 0 bridgehead atoms. The maximum atomic E-state index is 9.36. The summed E-state index contributed by atoms with van der Waals surface area (Å²) in [5.41, 5.74) is 13.5. The molecule has 0 aromatic heterocycles. The molecule has 0 heterocycles. The van der Waals surface area contributed by atoms with Crippen LogP contribution < -0.4 is 0 Å². The van der Waals surface area contributed by atoms with Crippen molar-refractivity contribution in [3.05, 3.63) is 117 Å². The Balaban J connectivity index is 1.71. The summed E-state index contributed by atoms with van der Waals surface area (Å²) < 4.78 is 0. The van der Waals surface area contributed by atoms with Crippen LogP contribution in [0, 0.1) is 28.6 Å². The van der Waals surface area contributed by atoms with Crippen LogP contribution in [0.5, 0.6) is 0 Å². The van der Waals surface area contributed by atoms with Gasteiger partial charge in [0.15, 0.2) is 0 Å². The molecule has 0 aliphatic heterocycles. The van der Waals surface area contributed by atoms with Crippen molar-refractivity contribution < 1.29 is 0 Å². The first-order valence-corrected chi connectivity index (χ1v) is 13.1. The van der Waals surface area contributed by atoms with Gasteiger partial charge >= 0.3 is 0 Å².